The summed E-state index contributed by atoms with van der Waals surface area (Å²) in [5.74, 6) is 1.06. The van der Waals surface area contributed by atoms with Crippen LogP contribution in [0.2, 0.25) is 0 Å². The van der Waals surface area contributed by atoms with Crippen molar-refractivity contribution in [3.63, 3.8) is 0 Å². The summed E-state index contributed by atoms with van der Waals surface area (Å²) >= 11 is 0. The van der Waals surface area contributed by atoms with Crippen molar-refractivity contribution >= 4 is 0 Å². The maximum absolute atomic E-state index is 12.0. The van der Waals surface area contributed by atoms with Crippen molar-refractivity contribution in [1.82, 2.24) is 0 Å². The van der Waals surface area contributed by atoms with Crippen molar-refractivity contribution in [1.29, 1.82) is 0 Å². The van der Waals surface area contributed by atoms with Crippen LogP contribution in [0.1, 0.15) is 113 Å². The Morgan fingerprint density at radius 1 is 0.857 bits per heavy atom. The molecule has 1 heterocycles. The molecule has 0 bridgehead atoms. The van der Waals surface area contributed by atoms with Gasteiger partial charge in [-0.3, -0.25) is 0 Å². The van der Waals surface area contributed by atoms with E-state index in [0.717, 1.165) is 56.9 Å². The summed E-state index contributed by atoms with van der Waals surface area (Å²) in [6.45, 7) is 18.5. The first-order valence-corrected chi connectivity index (χ1v) is 14.5. The van der Waals surface area contributed by atoms with Crippen LogP contribution in [0.25, 0.3) is 0 Å². The Labute approximate surface area is 213 Å². The van der Waals surface area contributed by atoms with Crippen molar-refractivity contribution in [2.24, 2.45) is 45.3 Å². The second kappa shape index (κ2) is 7.73. The van der Waals surface area contributed by atoms with Crippen LogP contribution in [0.5, 0.6) is 0 Å². The van der Waals surface area contributed by atoms with Crippen molar-refractivity contribution in [2.75, 3.05) is 0 Å². The molecule has 1 saturated heterocycles. The molecular weight excluding hydrogens is 436 g/mol. The molecule has 0 radical (unpaired) electrons. The number of hydrogen-bond donors (Lipinski definition) is 3. The fourth-order valence-electron chi connectivity index (χ4n) is 11.4. The van der Waals surface area contributed by atoms with Gasteiger partial charge in [0.1, 0.15) is 0 Å². The second-order valence-electron chi connectivity index (χ2n) is 15.6. The molecule has 1 aliphatic heterocycles. The van der Waals surface area contributed by atoms with Gasteiger partial charge >= 0.3 is 0 Å². The van der Waals surface area contributed by atoms with Gasteiger partial charge in [0.2, 0.25) is 0 Å². The molecule has 5 aliphatic rings. The van der Waals surface area contributed by atoms with Crippen molar-refractivity contribution in [3.05, 3.63) is 11.8 Å². The van der Waals surface area contributed by atoms with Crippen molar-refractivity contribution in [2.45, 2.75) is 137 Å². The van der Waals surface area contributed by atoms with E-state index in [-0.39, 0.29) is 56.9 Å². The third-order valence-corrected chi connectivity index (χ3v) is 13.0. The van der Waals surface area contributed by atoms with Gasteiger partial charge in [-0.05, 0) is 129 Å². The van der Waals surface area contributed by atoms with E-state index < -0.39 is 0 Å². The van der Waals surface area contributed by atoms with Crippen LogP contribution in [0.15, 0.2) is 11.8 Å². The highest BCUT2D eigenvalue weighted by Crippen LogP contribution is 2.77. The van der Waals surface area contributed by atoms with Gasteiger partial charge in [0.05, 0.1) is 29.7 Å². The highest BCUT2D eigenvalue weighted by molar-refractivity contribution is 5.29. The predicted octanol–water partition coefficient (Wildman–Crippen LogP) is 6.79. The zero-order valence-corrected chi connectivity index (χ0v) is 23.7. The molecule has 10 atom stereocenters. The number of fused-ring (bicyclic) bond motifs is 5. The normalized spacial score (nSPS) is 56.2. The van der Waals surface area contributed by atoms with Gasteiger partial charge in [-0.2, -0.15) is 0 Å². The molecule has 0 spiro atoms. The van der Waals surface area contributed by atoms with Crippen LogP contribution in [0.4, 0.5) is 0 Å². The highest BCUT2D eigenvalue weighted by Gasteiger charge is 2.72. The Kier molecular flexibility index (Phi) is 5.75. The van der Waals surface area contributed by atoms with Gasteiger partial charge in [0, 0.05) is 0 Å². The number of allylic oxidation sites excluding steroid dienone is 1. The maximum atomic E-state index is 12.0. The van der Waals surface area contributed by atoms with E-state index in [4.69, 9.17) is 4.74 Å². The Balaban J connectivity index is 1.57. The number of ether oxygens (including phenoxy) is 1. The zero-order chi connectivity index (χ0) is 25.8. The average Bonchev–Trinajstić information content (AvgIpc) is 3.12. The van der Waals surface area contributed by atoms with Crippen LogP contribution >= 0.6 is 0 Å². The minimum Gasteiger partial charge on any atom is -0.516 e. The lowest BCUT2D eigenvalue weighted by molar-refractivity contribution is -0.246. The number of aliphatic hydroxyl groups is 3. The van der Waals surface area contributed by atoms with Gasteiger partial charge in [0.15, 0.2) is 0 Å². The molecule has 0 aromatic rings. The summed E-state index contributed by atoms with van der Waals surface area (Å²) in [6.07, 6.45) is 9.72. The Bertz CT molecular complexity index is 892. The minimum absolute atomic E-state index is 0.00955. The first-order chi connectivity index (χ1) is 16.1. The summed E-state index contributed by atoms with van der Waals surface area (Å²) in [6, 6.07) is 0. The smallest absolute Gasteiger partial charge is 0.0787 e. The molecule has 4 saturated carbocycles. The summed E-state index contributed by atoms with van der Waals surface area (Å²) in [5, 5.41) is 33.6. The fourth-order valence-corrected chi connectivity index (χ4v) is 11.4. The molecule has 4 aliphatic carbocycles. The number of hydrogen-bond acceptors (Lipinski definition) is 4. The molecule has 5 fully saturated rings. The number of rotatable bonds is 1. The summed E-state index contributed by atoms with van der Waals surface area (Å²) in [4.78, 5) is 0. The molecule has 35 heavy (non-hydrogen) atoms. The molecule has 5 rings (SSSR count). The Hall–Kier alpha value is -0.580. The van der Waals surface area contributed by atoms with E-state index in [1.54, 1.807) is 0 Å². The molecule has 200 valence electrons. The summed E-state index contributed by atoms with van der Waals surface area (Å²) < 4.78 is 6.85. The van der Waals surface area contributed by atoms with Gasteiger partial charge in [-0.25, -0.2) is 0 Å². The zero-order valence-electron chi connectivity index (χ0n) is 23.7. The highest BCUT2D eigenvalue weighted by atomic mass is 16.5. The minimum atomic E-state index is -0.362. The maximum Gasteiger partial charge on any atom is 0.0787 e. The largest absolute Gasteiger partial charge is 0.516 e. The molecule has 3 N–H and O–H groups in total. The van der Waals surface area contributed by atoms with Crippen molar-refractivity contribution in [3.8, 4) is 0 Å². The number of aliphatic hydroxyl groups excluding tert-OH is 3. The van der Waals surface area contributed by atoms with E-state index in [1.807, 2.05) is 0 Å². The topological polar surface area (TPSA) is 69.9 Å². The third-order valence-electron chi connectivity index (χ3n) is 13.0. The van der Waals surface area contributed by atoms with Gasteiger partial charge < -0.3 is 20.1 Å². The van der Waals surface area contributed by atoms with Crippen LogP contribution in [0.3, 0.4) is 0 Å². The standard InChI is InChI=1S/C31H52O4/c1-26(2)12-9-13-31(8,35-26)20-10-15-29(6)24(20)21(33)16-22-28(5)14-11-23(34)27(3,4)25(28)19(18-32)17-30(22,29)7/h18,20-25,32-34H,9-17H2,1-8H3/b19-18+/t20-,21+,22?,23-,24?,25?,28+,29+,30+,31+/m0/s1. The first kappa shape index (κ1) is 26.0. The van der Waals surface area contributed by atoms with Gasteiger partial charge in [-0.1, -0.05) is 34.6 Å². The van der Waals surface area contributed by atoms with Crippen LogP contribution in [-0.2, 0) is 4.74 Å². The monoisotopic (exact) mass is 488 g/mol. The molecular formula is C31H52O4. The van der Waals surface area contributed by atoms with Gasteiger partial charge in [-0.15, -0.1) is 0 Å². The lowest BCUT2D eigenvalue weighted by Crippen LogP contribution is -2.67. The van der Waals surface area contributed by atoms with Crippen LogP contribution in [-0.4, -0.2) is 38.7 Å². The third kappa shape index (κ3) is 3.34. The SMILES string of the molecule is CC1(C)CCC[C@](C)([C@H]2CC[C@]3(C)C2[C@H](O)CC2[C@@]4(C)CC[C@H](O)C(C)(C)C4/C(=C/O)C[C@]23C)O1. The summed E-state index contributed by atoms with van der Waals surface area (Å²) in [7, 11) is 0. The van der Waals surface area contributed by atoms with E-state index >= 15 is 0 Å². The van der Waals surface area contributed by atoms with E-state index in [1.165, 1.54) is 12.7 Å². The quantitative estimate of drug-likeness (QED) is 0.355. The molecule has 0 amide bonds. The van der Waals surface area contributed by atoms with Crippen molar-refractivity contribution < 1.29 is 20.1 Å². The molecule has 4 nitrogen and oxygen atoms in total. The first-order valence-electron chi connectivity index (χ1n) is 14.5. The fraction of sp³-hybridized carbons (Fsp3) is 0.935. The summed E-state index contributed by atoms with van der Waals surface area (Å²) in [5.41, 5.74) is 0.452. The lowest BCUT2D eigenvalue weighted by Gasteiger charge is -2.71. The van der Waals surface area contributed by atoms with Gasteiger partial charge in [0.25, 0.3) is 0 Å². The van der Waals surface area contributed by atoms with E-state index in [2.05, 4.69) is 55.4 Å². The Morgan fingerprint density at radius 3 is 2.17 bits per heavy atom. The molecule has 4 heteroatoms. The predicted molar refractivity (Wildman–Crippen MR) is 140 cm³/mol. The van der Waals surface area contributed by atoms with Crippen LogP contribution in [0, 0.1) is 45.3 Å². The average molecular weight is 489 g/mol. The Morgan fingerprint density at radius 2 is 1.54 bits per heavy atom. The second-order valence-corrected chi connectivity index (χ2v) is 15.6. The van der Waals surface area contributed by atoms with E-state index in [0.29, 0.717) is 11.8 Å². The van der Waals surface area contributed by atoms with E-state index in [9.17, 15) is 15.3 Å². The molecule has 0 aromatic carbocycles. The molecule has 3 unspecified atom stereocenters. The van der Waals surface area contributed by atoms with Crippen LogP contribution < -0.4 is 0 Å². The molecule has 0 aromatic heterocycles. The lowest BCUT2D eigenvalue weighted by atomic mass is 9.34.